The molecule has 0 spiro atoms. The Balaban J connectivity index is 1.70. The first kappa shape index (κ1) is 23.5. The van der Waals surface area contributed by atoms with Crippen molar-refractivity contribution in [3.63, 3.8) is 0 Å². The summed E-state index contributed by atoms with van der Waals surface area (Å²) in [6, 6.07) is 24.9. The zero-order chi connectivity index (χ0) is 24.2. The lowest BCUT2D eigenvalue weighted by Gasteiger charge is -2.27. The number of nitrogens with zero attached hydrogens (tertiary/aromatic N) is 2. The van der Waals surface area contributed by atoms with Gasteiger partial charge in [0.05, 0.1) is 25.6 Å². The molecule has 1 aromatic heterocycles. The van der Waals surface area contributed by atoms with E-state index in [2.05, 4.69) is 60.0 Å². The van der Waals surface area contributed by atoms with E-state index in [1.54, 1.807) is 26.0 Å². The third-order valence-corrected chi connectivity index (χ3v) is 7.26. The first-order valence-electron chi connectivity index (χ1n) is 11.9. The van der Waals surface area contributed by atoms with Crippen LogP contribution in [0.15, 0.2) is 82.8 Å². The van der Waals surface area contributed by atoms with Gasteiger partial charge in [-0.2, -0.15) is 0 Å². The fourth-order valence-electron chi connectivity index (χ4n) is 4.37. The highest BCUT2D eigenvalue weighted by molar-refractivity contribution is 7.99. The standard InChI is InChI=1S/C29H30N2O3S/c1-20-7-17-25(18-8-20)35-29-30-27(21-9-13-23(32-2)14-10-21)28(22-11-15-24(33-3)16-12-22)31(29)26-6-4-5-19-34-26/h7-18,26H,4-6,19H2,1-3H3. The smallest absolute Gasteiger partial charge is 0.176 e. The van der Waals surface area contributed by atoms with Crippen LogP contribution in [0.4, 0.5) is 0 Å². The van der Waals surface area contributed by atoms with Gasteiger partial charge in [-0.1, -0.05) is 29.5 Å². The Morgan fingerprint density at radius 3 is 2.03 bits per heavy atom. The van der Waals surface area contributed by atoms with E-state index in [1.807, 2.05) is 24.3 Å². The first-order valence-corrected chi connectivity index (χ1v) is 12.7. The van der Waals surface area contributed by atoms with Gasteiger partial charge in [-0.3, -0.25) is 4.57 Å². The van der Waals surface area contributed by atoms with Crippen LogP contribution in [0.2, 0.25) is 0 Å². The number of methoxy groups -OCH3 is 2. The molecule has 1 atom stereocenters. The molecule has 1 saturated heterocycles. The van der Waals surface area contributed by atoms with E-state index >= 15 is 0 Å². The summed E-state index contributed by atoms with van der Waals surface area (Å²) in [6.07, 6.45) is 3.13. The molecule has 0 aliphatic carbocycles. The van der Waals surface area contributed by atoms with Crippen LogP contribution in [0.5, 0.6) is 11.5 Å². The third-order valence-electron chi connectivity index (χ3n) is 6.28. The number of benzene rings is 3. The molecule has 5 rings (SSSR count). The molecule has 1 aliphatic rings. The Kier molecular flexibility index (Phi) is 7.11. The number of rotatable bonds is 7. The molecule has 0 amide bonds. The van der Waals surface area contributed by atoms with Gasteiger partial charge in [0, 0.05) is 22.6 Å². The van der Waals surface area contributed by atoms with Gasteiger partial charge in [0.1, 0.15) is 17.7 Å². The summed E-state index contributed by atoms with van der Waals surface area (Å²) < 4.78 is 19.4. The van der Waals surface area contributed by atoms with Crippen LogP contribution < -0.4 is 9.47 Å². The van der Waals surface area contributed by atoms with Crippen LogP contribution in [0, 0.1) is 6.92 Å². The summed E-state index contributed by atoms with van der Waals surface area (Å²) in [4.78, 5) is 6.37. The molecule has 35 heavy (non-hydrogen) atoms. The van der Waals surface area contributed by atoms with E-state index in [4.69, 9.17) is 19.2 Å². The highest BCUT2D eigenvalue weighted by Gasteiger charge is 2.28. The molecular weight excluding hydrogens is 456 g/mol. The normalized spacial score (nSPS) is 15.7. The quantitative estimate of drug-likeness (QED) is 0.272. The van der Waals surface area contributed by atoms with E-state index in [9.17, 15) is 0 Å². The van der Waals surface area contributed by atoms with Gasteiger partial charge in [-0.15, -0.1) is 0 Å². The SMILES string of the molecule is COc1ccc(-c2nc(Sc3ccc(C)cc3)n(C3CCCCO3)c2-c2ccc(OC)cc2)cc1. The van der Waals surface area contributed by atoms with E-state index in [0.29, 0.717) is 0 Å². The van der Waals surface area contributed by atoms with Crippen molar-refractivity contribution in [2.75, 3.05) is 20.8 Å². The summed E-state index contributed by atoms with van der Waals surface area (Å²) in [5, 5.41) is 0.928. The van der Waals surface area contributed by atoms with Crippen LogP contribution in [0.3, 0.4) is 0 Å². The van der Waals surface area contributed by atoms with E-state index in [1.165, 1.54) is 5.56 Å². The lowest BCUT2D eigenvalue weighted by Crippen LogP contribution is -2.19. The van der Waals surface area contributed by atoms with Gasteiger partial charge in [-0.05, 0) is 86.8 Å². The molecule has 1 fully saturated rings. The largest absolute Gasteiger partial charge is 0.497 e. The fourth-order valence-corrected chi connectivity index (χ4v) is 5.29. The van der Waals surface area contributed by atoms with Crippen LogP contribution in [-0.4, -0.2) is 30.4 Å². The topological polar surface area (TPSA) is 45.5 Å². The molecule has 0 N–H and O–H groups in total. The Morgan fingerprint density at radius 2 is 1.46 bits per heavy atom. The maximum Gasteiger partial charge on any atom is 0.176 e. The molecule has 2 heterocycles. The minimum absolute atomic E-state index is 0.0618. The van der Waals surface area contributed by atoms with E-state index < -0.39 is 0 Å². The molecule has 6 heteroatoms. The Bertz CT molecular complexity index is 1260. The van der Waals surface area contributed by atoms with Crippen LogP contribution >= 0.6 is 11.8 Å². The first-order chi connectivity index (χ1) is 17.2. The molecule has 3 aromatic carbocycles. The molecule has 180 valence electrons. The molecule has 0 radical (unpaired) electrons. The maximum absolute atomic E-state index is 6.32. The number of aryl methyl sites for hydroxylation is 1. The van der Waals surface area contributed by atoms with Crippen molar-refractivity contribution >= 4 is 11.8 Å². The molecule has 0 bridgehead atoms. The van der Waals surface area contributed by atoms with Crippen LogP contribution in [0.1, 0.15) is 31.1 Å². The monoisotopic (exact) mass is 486 g/mol. The van der Waals surface area contributed by atoms with Gasteiger partial charge in [0.2, 0.25) is 0 Å². The number of ether oxygens (including phenoxy) is 3. The van der Waals surface area contributed by atoms with E-state index in [0.717, 1.165) is 69.9 Å². The average Bonchev–Trinajstić information content (AvgIpc) is 3.29. The van der Waals surface area contributed by atoms with Crippen molar-refractivity contribution in [3.8, 4) is 34.0 Å². The summed E-state index contributed by atoms with van der Waals surface area (Å²) in [6.45, 7) is 2.87. The fraction of sp³-hybridized carbons (Fsp3) is 0.276. The average molecular weight is 487 g/mol. The predicted octanol–water partition coefficient (Wildman–Crippen LogP) is 7.39. The maximum atomic E-state index is 6.32. The van der Waals surface area contributed by atoms with Crippen molar-refractivity contribution in [2.45, 2.75) is 42.5 Å². The number of imidazole rings is 1. The number of hydrogen-bond donors (Lipinski definition) is 0. The lowest BCUT2D eigenvalue weighted by atomic mass is 10.0. The van der Waals surface area contributed by atoms with Gasteiger partial charge in [-0.25, -0.2) is 4.98 Å². The van der Waals surface area contributed by atoms with Gasteiger partial charge in [0.25, 0.3) is 0 Å². The van der Waals surface area contributed by atoms with Crippen molar-refractivity contribution in [2.24, 2.45) is 0 Å². The van der Waals surface area contributed by atoms with Gasteiger partial charge in [0.15, 0.2) is 5.16 Å². The molecule has 1 unspecified atom stereocenters. The Labute approximate surface area is 211 Å². The van der Waals surface area contributed by atoms with E-state index in [-0.39, 0.29) is 6.23 Å². The summed E-state index contributed by atoms with van der Waals surface area (Å²) >= 11 is 1.68. The van der Waals surface area contributed by atoms with Crippen molar-refractivity contribution in [3.05, 3.63) is 78.4 Å². The van der Waals surface area contributed by atoms with Gasteiger partial charge >= 0.3 is 0 Å². The van der Waals surface area contributed by atoms with Crippen molar-refractivity contribution < 1.29 is 14.2 Å². The molecular formula is C29H30N2O3S. The summed E-state index contributed by atoms with van der Waals surface area (Å²) in [7, 11) is 3.37. The molecule has 4 aromatic rings. The van der Waals surface area contributed by atoms with Crippen molar-refractivity contribution in [1.29, 1.82) is 0 Å². The molecule has 1 aliphatic heterocycles. The van der Waals surface area contributed by atoms with Crippen LogP contribution in [-0.2, 0) is 4.74 Å². The molecule has 5 nitrogen and oxygen atoms in total. The number of hydrogen-bond acceptors (Lipinski definition) is 5. The highest BCUT2D eigenvalue weighted by atomic mass is 32.2. The van der Waals surface area contributed by atoms with Crippen molar-refractivity contribution in [1.82, 2.24) is 9.55 Å². The zero-order valence-electron chi connectivity index (χ0n) is 20.4. The summed E-state index contributed by atoms with van der Waals surface area (Å²) in [5.41, 5.74) is 5.35. The van der Waals surface area contributed by atoms with Gasteiger partial charge < -0.3 is 14.2 Å². The number of aromatic nitrogens is 2. The minimum atomic E-state index is -0.0618. The summed E-state index contributed by atoms with van der Waals surface area (Å²) in [5.74, 6) is 1.65. The second-order valence-corrected chi connectivity index (χ2v) is 9.70. The third kappa shape index (κ3) is 5.09. The Hall–Kier alpha value is -3.22. The second-order valence-electron chi connectivity index (χ2n) is 8.65. The van der Waals surface area contributed by atoms with Crippen LogP contribution in [0.25, 0.3) is 22.5 Å². The highest BCUT2D eigenvalue weighted by Crippen LogP contribution is 2.42. The molecule has 0 saturated carbocycles. The second kappa shape index (κ2) is 10.6. The zero-order valence-corrected chi connectivity index (χ0v) is 21.2. The predicted molar refractivity (Wildman–Crippen MR) is 140 cm³/mol. The lowest BCUT2D eigenvalue weighted by molar-refractivity contribution is -0.0359. The Morgan fingerprint density at radius 1 is 0.829 bits per heavy atom. The minimum Gasteiger partial charge on any atom is -0.497 e.